The van der Waals surface area contributed by atoms with Gasteiger partial charge in [0.05, 0.1) is 7.11 Å². The molecule has 0 heterocycles. The number of ether oxygens (including phenoxy) is 1. The van der Waals surface area contributed by atoms with Crippen molar-refractivity contribution in [2.45, 2.75) is 0 Å². The zero-order valence-electron chi connectivity index (χ0n) is 7.10. The molecule has 0 bridgehead atoms. The highest BCUT2D eigenvalue weighted by atomic mass is 16.5. The van der Waals surface area contributed by atoms with Crippen molar-refractivity contribution in [3.63, 3.8) is 0 Å². The van der Waals surface area contributed by atoms with Gasteiger partial charge < -0.3 is 14.8 Å². The zero-order valence-corrected chi connectivity index (χ0v) is 7.10. The highest BCUT2D eigenvalue weighted by Gasteiger charge is 2.16. The smallest absolute Gasteiger partial charge is 0.492 e. The topological polar surface area (TPSA) is 66.8 Å². The maximum atomic E-state index is 10.4. The van der Waals surface area contributed by atoms with Gasteiger partial charge in [0.1, 0.15) is 12.0 Å². The first-order valence-electron chi connectivity index (χ1n) is 3.68. The second kappa shape index (κ2) is 4.07. The molecule has 1 rings (SSSR count). The number of hydrogen-bond donors (Lipinski definition) is 2. The van der Waals surface area contributed by atoms with Gasteiger partial charge in [-0.05, 0) is 18.2 Å². The fourth-order valence-electron chi connectivity index (χ4n) is 1.03. The van der Waals surface area contributed by atoms with Crippen LogP contribution in [0, 0.1) is 0 Å². The van der Waals surface area contributed by atoms with Crippen LogP contribution < -0.4 is 10.2 Å². The number of benzene rings is 1. The third-order valence-corrected chi connectivity index (χ3v) is 1.67. The molecule has 5 heteroatoms. The van der Waals surface area contributed by atoms with Gasteiger partial charge in [0, 0.05) is 11.0 Å². The van der Waals surface area contributed by atoms with Gasteiger partial charge in [-0.2, -0.15) is 0 Å². The van der Waals surface area contributed by atoms with E-state index in [0.717, 1.165) is 0 Å². The second-order valence-electron chi connectivity index (χ2n) is 2.49. The van der Waals surface area contributed by atoms with Crippen LogP contribution >= 0.6 is 0 Å². The highest BCUT2D eigenvalue weighted by Crippen LogP contribution is 2.08. The van der Waals surface area contributed by atoms with E-state index in [-0.39, 0.29) is 5.46 Å². The van der Waals surface area contributed by atoms with Crippen molar-refractivity contribution in [3.8, 4) is 5.75 Å². The van der Waals surface area contributed by atoms with Crippen molar-refractivity contribution in [2.24, 2.45) is 0 Å². The second-order valence-corrected chi connectivity index (χ2v) is 2.49. The van der Waals surface area contributed by atoms with Crippen molar-refractivity contribution < 1.29 is 19.6 Å². The first kappa shape index (κ1) is 9.76. The van der Waals surface area contributed by atoms with E-state index in [0.29, 0.717) is 17.6 Å². The molecule has 0 fully saturated rings. The Morgan fingerprint density at radius 3 is 2.62 bits per heavy atom. The Labute approximate surface area is 75.9 Å². The summed E-state index contributed by atoms with van der Waals surface area (Å²) in [5, 5.41) is 17.8. The summed E-state index contributed by atoms with van der Waals surface area (Å²) in [4.78, 5) is 10.4. The van der Waals surface area contributed by atoms with Gasteiger partial charge in [0.25, 0.3) is 0 Å². The number of hydrogen-bond acceptors (Lipinski definition) is 4. The standard InChI is InChI=1S/C8H9BO4/c1-13-8-3-2-6(5-10)4-7(8)9(11)12/h2-5,11-12H,1H3. The molecule has 0 aliphatic heterocycles. The average molecular weight is 180 g/mol. The summed E-state index contributed by atoms with van der Waals surface area (Å²) < 4.78 is 4.87. The van der Waals surface area contributed by atoms with Crippen molar-refractivity contribution in [3.05, 3.63) is 23.8 Å². The Morgan fingerprint density at radius 1 is 1.46 bits per heavy atom. The summed E-state index contributed by atoms with van der Waals surface area (Å²) >= 11 is 0. The van der Waals surface area contributed by atoms with Crippen LogP contribution in [-0.4, -0.2) is 30.6 Å². The lowest BCUT2D eigenvalue weighted by Gasteiger charge is -2.07. The summed E-state index contributed by atoms with van der Waals surface area (Å²) in [5.41, 5.74) is 0.566. The number of carbonyl (C=O) groups is 1. The lowest BCUT2D eigenvalue weighted by atomic mass is 9.79. The van der Waals surface area contributed by atoms with E-state index in [1.54, 1.807) is 0 Å². The van der Waals surface area contributed by atoms with Crippen LogP contribution in [0.2, 0.25) is 0 Å². The fraction of sp³-hybridized carbons (Fsp3) is 0.125. The quantitative estimate of drug-likeness (QED) is 0.471. The summed E-state index contributed by atoms with van der Waals surface area (Å²) in [6.45, 7) is 0. The lowest BCUT2D eigenvalue weighted by molar-refractivity contribution is 0.112. The van der Waals surface area contributed by atoms with Gasteiger partial charge in [-0.15, -0.1) is 0 Å². The van der Waals surface area contributed by atoms with Gasteiger partial charge in [0.2, 0.25) is 0 Å². The predicted molar refractivity (Wildman–Crippen MR) is 48.2 cm³/mol. The monoisotopic (exact) mass is 180 g/mol. The van der Waals surface area contributed by atoms with Crippen LogP contribution in [0.3, 0.4) is 0 Å². The van der Waals surface area contributed by atoms with Crippen molar-refractivity contribution in [2.75, 3.05) is 7.11 Å². The van der Waals surface area contributed by atoms with Crippen molar-refractivity contribution >= 4 is 18.9 Å². The molecule has 0 atom stereocenters. The molecular formula is C8H9BO4. The molecule has 1 aromatic carbocycles. The van der Waals surface area contributed by atoms with E-state index in [1.807, 2.05) is 0 Å². The summed E-state index contributed by atoms with van der Waals surface area (Å²) in [5.74, 6) is 0.348. The van der Waals surface area contributed by atoms with E-state index >= 15 is 0 Å². The first-order chi connectivity index (χ1) is 6.19. The molecule has 0 radical (unpaired) electrons. The van der Waals surface area contributed by atoms with E-state index in [1.165, 1.54) is 25.3 Å². The van der Waals surface area contributed by atoms with E-state index in [2.05, 4.69) is 0 Å². The molecule has 1 aromatic rings. The minimum Gasteiger partial charge on any atom is -0.497 e. The van der Waals surface area contributed by atoms with Crippen LogP contribution in [0.15, 0.2) is 18.2 Å². The molecule has 2 N–H and O–H groups in total. The van der Waals surface area contributed by atoms with Gasteiger partial charge in [-0.25, -0.2) is 0 Å². The molecule has 0 aliphatic carbocycles. The SMILES string of the molecule is COc1ccc(C=O)cc1B(O)O. The molecule has 13 heavy (non-hydrogen) atoms. The minimum absolute atomic E-state index is 0.187. The molecule has 0 saturated carbocycles. The number of carbonyl (C=O) groups excluding carboxylic acids is 1. The van der Waals surface area contributed by atoms with Crippen LogP contribution in [0.4, 0.5) is 0 Å². The Kier molecular flexibility index (Phi) is 3.05. The third kappa shape index (κ3) is 2.08. The maximum absolute atomic E-state index is 10.4. The van der Waals surface area contributed by atoms with Crippen molar-refractivity contribution in [1.29, 1.82) is 0 Å². The minimum atomic E-state index is -1.63. The lowest BCUT2D eigenvalue weighted by Crippen LogP contribution is -2.31. The summed E-state index contributed by atoms with van der Waals surface area (Å²) in [7, 11) is -0.211. The van der Waals surface area contributed by atoms with E-state index in [9.17, 15) is 4.79 Å². The Bertz CT molecular complexity index is 311. The molecule has 68 valence electrons. The van der Waals surface area contributed by atoms with Crippen LogP contribution in [0.25, 0.3) is 0 Å². The Balaban J connectivity index is 3.17. The molecule has 0 spiro atoms. The molecule has 0 aromatic heterocycles. The number of aldehydes is 1. The van der Waals surface area contributed by atoms with E-state index < -0.39 is 7.12 Å². The number of methoxy groups -OCH3 is 1. The Morgan fingerprint density at radius 2 is 2.15 bits per heavy atom. The predicted octanol–water partition coefficient (Wildman–Crippen LogP) is -0.813. The highest BCUT2D eigenvalue weighted by molar-refractivity contribution is 6.59. The molecular weight excluding hydrogens is 171 g/mol. The van der Waals surface area contributed by atoms with Crippen LogP contribution in [0.5, 0.6) is 5.75 Å². The molecule has 0 saturated heterocycles. The van der Waals surface area contributed by atoms with Gasteiger partial charge in [-0.3, -0.25) is 4.79 Å². The molecule has 4 nitrogen and oxygen atoms in total. The van der Waals surface area contributed by atoms with E-state index in [4.69, 9.17) is 14.8 Å². The number of rotatable bonds is 3. The Hall–Kier alpha value is -1.33. The van der Waals surface area contributed by atoms with Crippen LogP contribution in [0.1, 0.15) is 10.4 Å². The van der Waals surface area contributed by atoms with Crippen LogP contribution in [-0.2, 0) is 0 Å². The zero-order chi connectivity index (χ0) is 9.84. The fourth-order valence-corrected chi connectivity index (χ4v) is 1.03. The summed E-state index contributed by atoms with van der Waals surface area (Å²) in [6, 6.07) is 4.42. The summed E-state index contributed by atoms with van der Waals surface area (Å²) in [6.07, 6.45) is 0.630. The first-order valence-corrected chi connectivity index (χ1v) is 3.68. The van der Waals surface area contributed by atoms with Gasteiger partial charge in [0.15, 0.2) is 0 Å². The van der Waals surface area contributed by atoms with Gasteiger partial charge in [-0.1, -0.05) is 0 Å². The maximum Gasteiger partial charge on any atom is 0.492 e. The van der Waals surface area contributed by atoms with Crippen molar-refractivity contribution in [1.82, 2.24) is 0 Å². The molecule has 0 unspecified atom stereocenters. The normalized spacial score (nSPS) is 9.46. The van der Waals surface area contributed by atoms with Gasteiger partial charge >= 0.3 is 7.12 Å². The average Bonchev–Trinajstić information content (AvgIpc) is 2.16. The molecule has 0 aliphatic rings. The molecule has 0 amide bonds. The third-order valence-electron chi connectivity index (χ3n) is 1.67. The largest absolute Gasteiger partial charge is 0.497 e.